The molecular weight excluding hydrogens is 400 g/mol. The van der Waals surface area contributed by atoms with Gasteiger partial charge in [0.25, 0.3) is 5.91 Å². The second kappa shape index (κ2) is 8.42. The van der Waals surface area contributed by atoms with Gasteiger partial charge in [-0.05, 0) is 50.1 Å². The number of carbonyl (C=O) groups is 2. The van der Waals surface area contributed by atoms with E-state index in [0.717, 1.165) is 4.88 Å². The Balaban J connectivity index is 1.64. The standard InChI is InChI=1S/C19H22N2O5S2/c1-13-6-7-17(27-13)18(22)20-15-8-10-21(11-9-15)28(24,25)16-5-3-4-14(12-16)19(23)26-2/h3-7,12,15H,8-11H2,1-2H3,(H,20,22). The molecule has 1 fully saturated rings. The van der Waals surface area contributed by atoms with Gasteiger partial charge in [0.1, 0.15) is 0 Å². The summed E-state index contributed by atoms with van der Waals surface area (Å²) >= 11 is 1.44. The highest BCUT2D eigenvalue weighted by molar-refractivity contribution is 7.89. The van der Waals surface area contributed by atoms with Gasteiger partial charge < -0.3 is 10.1 Å². The van der Waals surface area contributed by atoms with Gasteiger partial charge in [-0.15, -0.1) is 11.3 Å². The van der Waals surface area contributed by atoms with Crippen LogP contribution in [0.2, 0.25) is 0 Å². The number of sulfonamides is 1. The van der Waals surface area contributed by atoms with Crippen molar-refractivity contribution in [3.8, 4) is 0 Å². The Morgan fingerprint density at radius 3 is 2.50 bits per heavy atom. The van der Waals surface area contributed by atoms with Crippen LogP contribution in [0.1, 0.15) is 37.7 Å². The molecule has 28 heavy (non-hydrogen) atoms. The van der Waals surface area contributed by atoms with Gasteiger partial charge in [0.2, 0.25) is 10.0 Å². The number of thiophene rings is 1. The number of nitrogens with zero attached hydrogens (tertiary/aromatic N) is 1. The summed E-state index contributed by atoms with van der Waals surface area (Å²) in [5, 5.41) is 2.98. The van der Waals surface area contributed by atoms with Gasteiger partial charge in [-0.2, -0.15) is 4.31 Å². The third-order valence-electron chi connectivity index (χ3n) is 4.65. The lowest BCUT2D eigenvalue weighted by Gasteiger charge is -2.31. The monoisotopic (exact) mass is 422 g/mol. The number of benzene rings is 1. The Kier molecular flexibility index (Phi) is 6.17. The van der Waals surface area contributed by atoms with Crippen molar-refractivity contribution in [2.24, 2.45) is 0 Å². The van der Waals surface area contributed by atoms with E-state index in [9.17, 15) is 18.0 Å². The van der Waals surface area contributed by atoms with Gasteiger partial charge in [-0.3, -0.25) is 4.79 Å². The van der Waals surface area contributed by atoms with E-state index in [1.165, 1.54) is 47.0 Å². The van der Waals surface area contributed by atoms with E-state index in [2.05, 4.69) is 10.1 Å². The zero-order valence-corrected chi connectivity index (χ0v) is 17.3. The summed E-state index contributed by atoms with van der Waals surface area (Å²) in [6.45, 7) is 2.55. The fourth-order valence-electron chi connectivity index (χ4n) is 3.10. The molecule has 0 radical (unpaired) electrons. The van der Waals surface area contributed by atoms with E-state index in [1.54, 1.807) is 6.07 Å². The summed E-state index contributed by atoms with van der Waals surface area (Å²) in [5.41, 5.74) is 0.192. The predicted molar refractivity (Wildman–Crippen MR) is 106 cm³/mol. The zero-order chi connectivity index (χ0) is 20.3. The van der Waals surface area contributed by atoms with Crippen molar-refractivity contribution in [3.63, 3.8) is 0 Å². The molecule has 0 aliphatic carbocycles. The lowest BCUT2D eigenvalue weighted by atomic mass is 10.1. The molecule has 2 heterocycles. The van der Waals surface area contributed by atoms with Crippen LogP contribution in [0.15, 0.2) is 41.3 Å². The van der Waals surface area contributed by atoms with Crippen molar-refractivity contribution in [1.82, 2.24) is 9.62 Å². The maximum atomic E-state index is 12.9. The number of methoxy groups -OCH3 is 1. The van der Waals surface area contributed by atoms with Crippen LogP contribution in [0, 0.1) is 6.92 Å². The van der Waals surface area contributed by atoms with E-state index in [-0.39, 0.29) is 22.4 Å². The molecule has 0 saturated carbocycles. The molecule has 2 aromatic rings. The summed E-state index contributed by atoms with van der Waals surface area (Å²) in [6.07, 6.45) is 1.07. The number of rotatable bonds is 5. The first-order valence-corrected chi connectivity index (χ1v) is 11.1. The Morgan fingerprint density at radius 2 is 1.89 bits per heavy atom. The number of carbonyl (C=O) groups excluding carboxylic acids is 2. The third-order valence-corrected chi connectivity index (χ3v) is 7.54. The third kappa shape index (κ3) is 4.43. The number of aryl methyl sites for hydroxylation is 1. The van der Waals surface area contributed by atoms with Crippen LogP contribution in [-0.4, -0.2) is 50.8 Å². The second-order valence-electron chi connectivity index (χ2n) is 6.58. The van der Waals surface area contributed by atoms with Crippen LogP contribution < -0.4 is 5.32 Å². The molecule has 1 saturated heterocycles. The molecule has 0 unspecified atom stereocenters. The highest BCUT2D eigenvalue weighted by Gasteiger charge is 2.30. The summed E-state index contributed by atoms with van der Waals surface area (Å²) in [7, 11) is -2.46. The van der Waals surface area contributed by atoms with Gasteiger partial charge in [0.15, 0.2) is 0 Å². The highest BCUT2D eigenvalue weighted by Crippen LogP contribution is 2.22. The minimum atomic E-state index is -3.71. The number of nitrogens with one attached hydrogen (secondary N) is 1. The van der Waals surface area contributed by atoms with Crippen LogP contribution in [0.4, 0.5) is 0 Å². The topological polar surface area (TPSA) is 92.8 Å². The summed E-state index contributed by atoms with van der Waals surface area (Å²) in [4.78, 5) is 25.7. The smallest absolute Gasteiger partial charge is 0.337 e. The molecule has 1 aliphatic heterocycles. The van der Waals surface area contributed by atoms with E-state index in [1.807, 2.05) is 13.0 Å². The van der Waals surface area contributed by atoms with Crippen LogP contribution in [0.5, 0.6) is 0 Å². The van der Waals surface area contributed by atoms with Gasteiger partial charge >= 0.3 is 5.97 Å². The molecule has 3 rings (SSSR count). The van der Waals surface area contributed by atoms with Crippen molar-refractivity contribution in [2.75, 3.05) is 20.2 Å². The van der Waals surface area contributed by atoms with Crippen LogP contribution >= 0.6 is 11.3 Å². The molecular formula is C19H22N2O5S2. The molecule has 0 bridgehead atoms. The Hall–Kier alpha value is -2.23. The molecule has 150 valence electrons. The summed E-state index contributed by atoms with van der Waals surface area (Å²) in [5.74, 6) is -0.701. The Labute approximate surface area is 168 Å². The first-order valence-electron chi connectivity index (χ1n) is 8.87. The number of amides is 1. The first-order chi connectivity index (χ1) is 13.3. The molecule has 7 nitrogen and oxygen atoms in total. The molecule has 1 N–H and O–H groups in total. The predicted octanol–water partition coefficient (Wildman–Crippen LogP) is 2.43. The average Bonchev–Trinajstić information content (AvgIpc) is 3.14. The molecule has 1 aromatic carbocycles. The van der Waals surface area contributed by atoms with Crippen molar-refractivity contribution in [2.45, 2.75) is 30.7 Å². The summed E-state index contributed by atoms with van der Waals surface area (Å²) in [6, 6.07) is 9.46. The molecule has 1 aromatic heterocycles. The van der Waals surface area contributed by atoms with Crippen LogP contribution in [0.3, 0.4) is 0 Å². The van der Waals surface area contributed by atoms with E-state index >= 15 is 0 Å². The molecule has 1 aliphatic rings. The molecule has 0 atom stereocenters. The quantitative estimate of drug-likeness (QED) is 0.747. The maximum absolute atomic E-state index is 12.9. The van der Waals surface area contributed by atoms with E-state index < -0.39 is 16.0 Å². The second-order valence-corrected chi connectivity index (χ2v) is 9.81. The minimum absolute atomic E-state index is 0.0620. The fraction of sp³-hybridized carbons (Fsp3) is 0.368. The lowest BCUT2D eigenvalue weighted by molar-refractivity contribution is 0.0600. The van der Waals surface area contributed by atoms with Crippen molar-refractivity contribution >= 4 is 33.2 Å². The van der Waals surface area contributed by atoms with Gasteiger partial charge in [-0.1, -0.05) is 6.07 Å². The van der Waals surface area contributed by atoms with Crippen molar-refractivity contribution in [1.29, 1.82) is 0 Å². The minimum Gasteiger partial charge on any atom is -0.465 e. The largest absolute Gasteiger partial charge is 0.465 e. The van der Waals surface area contributed by atoms with Crippen molar-refractivity contribution < 1.29 is 22.7 Å². The normalized spacial score (nSPS) is 15.9. The van der Waals surface area contributed by atoms with Crippen LogP contribution in [-0.2, 0) is 14.8 Å². The lowest BCUT2D eigenvalue weighted by Crippen LogP contribution is -2.46. The fourth-order valence-corrected chi connectivity index (χ4v) is 5.39. The zero-order valence-electron chi connectivity index (χ0n) is 15.7. The summed E-state index contributed by atoms with van der Waals surface area (Å²) < 4.78 is 31.8. The number of esters is 1. The maximum Gasteiger partial charge on any atom is 0.337 e. The van der Waals surface area contributed by atoms with Crippen LogP contribution in [0.25, 0.3) is 0 Å². The molecule has 0 spiro atoms. The average molecular weight is 423 g/mol. The van der Waals surface area contributed by atoms with E-state index in [4.69, 9.17) is 0 Å². The SMILES string of the molecule is COC(=O)c1cccc(S(=O)(=O)N2CCC(NC(=O)c3ccc(C)s3)CC2)c1. The number of hydrogen-bond donors (Lipinski definition) is 1. The first kappa shape index (κ1) is 20.5. The number of piperidine rings is 1. The number of hydrogen-bond acceptors (Lipinski definition) is 6. The van der Waals surface area contributed by atoms with E-state index in [0.29, 0.717) is 30.8 Å². The van der Waals surface area contributed by atoms with Gasteiger partial charge in [-0.25, -0.2) is 13.2 Å². The number of ether oxygens (including phenoxy) is 1. The highest BCUT2D eigenvalue weighted by atomic mass is 32.2. The molecule has 9 heteroatoms. The molecule has 1 amide bonds. The van der Waals surface area contributed by atoms with Gasteiger partial charge in [0, 0.05) is 24.0 Å². The Morgan fingerprint density at radius 1 is 1.18 bits per heavy atom. The van der Waals surface area contributed by atoms with Crippen molar-refractivity contribution in [3.05, 3.63) is 51.7 Å². The van der Waals surface area contributed by atoms with Gasteiger partial charge in [0.05, 0.1) is 22.4 Å². The Bertz CT molecular complexity index is 976.